The van der Waals surface area contributed by atoms with Gasteiger partial charge in [0.2, 0.25) is 0 Å². The summed E-state index contributed by atoms with van der Waals surface area (Å²) >= 11 is 0. The van der Waals surface area contributed by atoms with Crippen LogP contribution in [0, 0.1) is 0 Å². The minimum Gasteiger partial charge on any atom is -0.398 e. The first kappa shape index (κ1) is 13.1. The van der Waals surface area contributed by atoms with Crippen LogP contribution < -0.4 is 22.9 Å². The Morgan fingerprint density at radius 1 is 0.458 bits per heavy atom. The van der Waals surface area contributed by atoms with Gasteiger partial charge in [-0.1, -0.05) is 42.5 Å². The minimum atomic E-state index is 0.401. The van der Waals surface area contributed by atoms with Gasteiger partial charge in [0.05, 0.1) is 17.1 Å². The molecule has 0 heterocycles. The third kappa shape index (κ3) is 1.34. The molecule has 24 heavy (non-hydrogen) atoms. The Hall–Kier alpha value is -3.40. The number of nitrogens with two attached hydrogens (primary N) is 4. The molecular weight excluding hydrogens is 296 g/mol. The van der Waals surface area contributed by atoms with E-state index in [2.05, 4.69) is 30.3 Å². The number of benzene rings is 5. The highest BCUT2D eigenvalue weighted by Gasteiger charge is 2.20. The Balaban J connectivity index is 2.32. The van der Waals surface area contributed by atoms with Gasteiger partial charge in [0.25, 0.3) is 0 Å². The van der Waals surface area contributed by atoms with Crippen LogP contribution in [0.2, 0.25) is 0 Å². The van der Waals surface area contributed by atoms with Crippen LogP contribution in [0.25, 0.3) is 43.1 Å². The molecule has 0 aliphatic carbocycles. The fourth-order valence-corrected chi connectivity index (χ4v) is 4.00. The molecule has 0 saturated heterocycles. The molecule has 116 valence electrons. The van der Waals surface area contributed by atoms with Crippen LogP contribution in [0.3, 0.4) is 0 Å². The first-order valence-electron chi connectivity index (χ1n) is 7.80. The van der Waals surface area contributed by atoms with Crippen molar-refractivity contribution >= 4 is 65.8 Å². The number of rotatable bonds is 0. The van der Waals surface area contributed by atoms with Crippen molar-refractivity contribution in [2.45, 2.75) is 0 Å². The summed E-state index contributed by atoms with van der Waals surface area (Å²) in [6, 6.07) is 16.5. The van der Waals surface area contributed by atoms with Crippen molar-refractivity contribution in [2.75, 3.05) is 22.9 Å². The molecule has 0 bridgehead atoms. The van der Waals surface area contributed by atoms with Gasteiger partial charge < -0.3 is 22.9 Å². The van der Waals surface area contributed by atoms with Gasteiger partial charge in [-0.3, -0.25) is 0 Å². The lowest BCUT2D eigenvalue weighted by Gasteiger charge is -2.19. The van der Waals surface area contributed by atoms with E-state index in [0.29, 0.717) is 22.7 Å². The largest absolute Gasteiger partial charge is 0.398 e. The zero-order valence-electron chi connectivity index (χ0n) is 12.9. The van der Waals surface area contributed by atoms with Crippen LogP contribution in [0.1, 0.15) is 0 Å². The van der Waals surface area contributed by atoms with Crippen molar-refractivity contribution < 1.29 is 0 Å². The number of nitrogen functional groups attached to an aromatic ring is 4. The van der Waals surface area contributed by atoms with E-state index in [4.69, 9.17) is 22.9 Å². The molecule has 0 atom stereocenters. The topological polar surface area (TPSA) is 104 Å². The van der Waals surface area contributed by atoms with Crippen LogP contribution in [0.5, 0.6) is 0 Å². The molecule has 5 aromatic carbocycles. The Morgan fingerprint density at radius 2 is 1.08 bits per heavy atom. The summed E-state index contributed by atoms with van der Waals surface area (Å²) in [6.07, 6.45) is 0. The van der Waals surface area contributed by atoms with E-state index >= 15 is 0 Å². The maximum Gasteiger partial charge on any atom is 0.0795 e. The van der Waals surface area contributed by atoms with Crippen molar-refractivity contribution in [1.82, 2.24) is 0 Å². The molecule has 0 saturated carbocycles. The molecule has 8 N–H and O–H groups in total. The molecule has 0 spiro atoms. The first-order valence-corrected chi connectivity index (χ1v) is 7.80. The average molecular weight is 312 g/mol. The molecule has 0 aliphatic heterocycles. The Bertz CT molecular complexity index is 1280. The second-order valence-electron chi connectivity index (χ2n) is 6.28. The molecule has 0 amide bonds. The van der Waals surface area contributed by atoms with Crippen LogP contribution in [-0.4, -0.2) is 0 Å². The molecule has 0 unspecified atom stereocenters. The first-order chi connectivity index (χ1) is 11.6. The van der Waals surface area contributed by atoms with E-state index in [1.165, 1.54) is 16.2 Å². The molecule has 4 heteroatoms. The second-order valence-corrected chi connectivity index (χ2v) is 6.28. The maximum atomic E-state index is 6.40. The van der Waals surface area contributed by atoms with E-state index < -0.39 is 0 Å². The fourth-order valence-electron chi connectivity index (χ4n) is 4.00. The molecule has 0 aliphatic rings. The van der Waals surface area contributed by atoms with Gasteiger partial charge in [0, 0.05) is 21.8 Å². The summed E-state index contributed by atoms with van der Waals surface area (Å²) in [5.41, 5.74) is 27.1. The minimum absolute atomic E-state index is 0.401. The van der Waals surface area contributed by atoms with Crippen molar-refractivity contribution in [2.24, 2.45) is 0 Å². The summed E-state index contributed by atoms with van der Waals surface area (Å²) in [7, 11) is 0. The standard InChI is InChI=1S/C20H16N4/c21-13-8-7-11-10-5-1-3-9-4-2-6-12(14(9)10)16-15(11)17(13)19(23)20(24)18(16)22/h1-8H,21-24H2. The van der Waals surface area contributed by atoms with Gasteiger partial charge >= 0.3 is 0 Å². The van der Waals surface area contributed by atoms with Crippen molar-refractivity contribution in [3.63, 3.8) is 0 Å². The SMILES string of the molecule is Nc1c(N)c2c(N)ccc3c4cccc5cccc(c(c1N)c23)c54. The van der Waals surface area contributed by atoms with Gasteiger partial charge in [-0.15, -0.1) is 0 Å². The number of anilines is 4. The quantitative estimate of drug-likeness (QED) is 0.196. The Morgan fingerprint density at radius 3 is 1.83 bits per heavy atom. The summed E-state index contributed by atoms with van der Waals surface area (Å²) in [6.45, 7) is 0. The van der Waals surface area contributed by atoms with Crippen molar-refractivity contribution in [3.05, 3.63) is 48.5 Å². The lowest BCUT2D eigenvalue weighted by molar-refractivity contribution is 1.71. The predicted octanol–water partition coefficient (Wildman–Crippen LogP) is 4.07. The second kappa shape index (κ2) is 4.11. The smallest absolute Gasteiger partial charge is 0.0795 e. The van der Waals surface area contributed by atoms with Gasteiger partial charge in [-0.2, -0.15) is 0 Å². The van der Waals surface area contributed by atoms with Gasteiger partial charge in [0.15, 0.2) is 0 Å². The molecular formula is C20H16N4. The van der Waals surface area contributed by atoms with E-state index in [1.807, 2.05) is 18.2 Å². The molecule has 5 rings (SSSR count). The van der Waals surface area contributed by atoms with Gasteiger partial charge in [-0.05, 0) is 33.0 Å². The van der Waals surface area contributed by atoms with Gasteiger partial charge in [0.1, 0.15) is 0 Å². The lowest BCUT2D eigenvalue weighted by Crippen LogP contribution is -2.04. The third-order valence-electron chi connectivity index (χ3n) is 5.07. The van der Waals surface area contributed by atoms with Crippen LogP contribution >= 0.6 is 0 Å². The van der Waals surface area contributed by atoms with E-state index in [9.17, 15) is 0 Å². The third-order valence-corrected chi connectivity index (χ3v) is 5.07. The number of hydrogen-bond donors (Lipinski definition) is 4. The summed E-state index contributed by atoms with van der Waals surface area (Å²) in [5, 5.41) is 8.43. The highest BCUT2D eigenvalue weighted by Crippen LogP contribution is 2.48. The fraction of sp³-hybridized carbons (Fsp3) is 0. The van der Waals surface area contributed by atoms with Crippen molar-refractivity contribution in [1.29, 1.82) is 0 Å². The van der Waals surface area contributed by atoms with E-state index in [1.54, 1.807) is 0 Å². The van der Waals surface area contributed by atoms with Crippen LogP contribution in [-0.2, 0) is 0 Å². The average Bonchev–Trinajstić information content (AvgIpc) is 2.59. The summed E-state index contributed by atoms with van der Waals surface area (Å²) in [4.78, 5) is 0. The predicted molar refractivity (Wildman–Crippen MR) is 105 cm³/mol. The molecule has 5 aromatic rings. The van der Waals surface area contributed by atoms with E-state index in [-0.39, 0.29) is 0 Å². The number of fused-ring (bicyclic) bond motifs is 2. The molecule has 0 fully saturated rings. The van der Waals surface area contributed by atoms with Crippen LogP contribution in [0.15, 0.2) is 48.5 Å². The monoisotopic (exact) mass is 312 g/mol. The summed E-state index contributed by atoms with van der Waals surface area (Å²) < 4.78 is 0. The highest BCUT2D eigenvalue weighted by atomic mass is 14.7. The molecule has 0 aromatic heterocycles. The zero-order chi connectivity index (χ0) is 16.6. The molecule has 4 nitrogen and oxygen atoms in total. The normalized spacial score (nSPS) is 12.0. The summed E-state index contributed by atoms with van der Waals surface area (Å²) in [5.74, 6) is 0. The Kier molecular flexibility index (Phi) is 2.24. The van der Waals surface area contributed by atoms with E-state index in [0.717, 1.165) is 26.9 Å². The zero-order valence-corrected chi connectivity index (χ0v) is 12.9. The lowest BCUT2D eigenvalue weighted by atomic mass is 9.87. The highest BCUT2D eigenvalue weighted by molar-refractivity contribution is 6.39. The van der Waals surface area contributed by atoms with Gasteiger partial charge in [-0.25, -0.2) is 0 Å². The number of hydrogen-bond acceptors (Lipinski definition) is 4. The van der Waals surface area contributed by atoms with Crippen LogP contribution in [0.4, 0.5) is 22.7 Å². The Labute approximate surface area is 137 Å². The molecule has 0 radical (unpaired) electrons. The maximum absolute atomic E-state index is 6.40. The van der Waals surface area contributed by atoms with Crippen molar-refractivity contribution in [3.8, 4) is 0 Å².